The molecular formula is C13H18N2OS. The number of nitrogens with zero attached hydrogens (tertiary/aromatic N) is 1. The Bertz CT molecular complexity index is 422. The normalized spacial score (nSPS) is 11.1. The first-order chi connectivity index (χ1) is 8.40. The third-order valence-corrected chi connectivity index (χ3v) is 3.32. The van der Waals surface area contributed by atoms with E-state index >= 15 is 0 Å². The lowest BCUT2D eigenvalue weighted by Crippen LogP contribution is -2.18. The summed E-state index contributed by atoms with van der Waals surface area (Å²) in [5.74, 6) is 0.997. The van der Waals surface area contributed by atoms with Gasteiger partial charge in [0.2, 0.25) is 0 Å². The quantitative estimate of drug-likeness (QED) is 0.604. The molecule has 0 atom stereocenters. The number of oxazole rings is 1. The summed E-state index contributed by atoms with van der Waals surface area (Å²) in [6.07, 6.45) is 2.48. The second-order valence-electron chi connectivity index (χ2n) is 3.90. The highest BCUT2D eigenvalue weighted by Gasteiger charge is 2.04. The molecule has 0 bridgehead atoms. The largest absolute Gasteiger partial charge is 0.431 e. The molecule has 92 valence electrons. The molecule has 0 radical (unpaired) electrons. The summed E-state index contributed by atoms with van der Waals surface area (Å²) in [6, 6.07) is 7.87. The second kappa shape index (κ2) is 6.67. The van der Waals surface area contributed by atoms with E-state index in [0.717, 1.165) is 35.2 Å². The van der Waals surface area contributed by atoms with E-state index in [1.807, 2.05) is 24.3 Å². The summed E-state index contributed by atoms with van der Waals surface area (Å²) in [4.78, 5) is 4.42. The van der Waals surface area contributed by atoms with Gasteiger partial charge in [-0.1, -0.05) is 37.2 Å². The number of thioether (sulfide) groups is 1. The molecule has 1 N–H and O–H groups in total. The Morgan fingerprint density at radius 1 is 1.29 bits per heavy atom. The number of fused-ring (bicyclic) bond motifs is 1. The number of para-hydroxylation sites is 2. The molecular weight excluding hydrogens is 232 g/mol. The van der Waals surface area contributed by atoms with E-state index in [1.165, 1.54) is 12.8 Å². The number of hydrogen-bond acceptors (Lipinski definition) is 4. The summed E-state index contributed by atoms with van der Waals surface area (Å²) in [7, 11) is 0. The maximum Gasteiger partial charge on any atom is 0.256 e. The molecule has 0 saturated heterocycles. The first-order valence-corrected chi connectivity index (χ1v) is 7.08. The molecule has 0 fully saturated rings. The summed E-state index contributed by atoms with van der Waals surface area (Å²) in [5, 5.41) is 4.17. The van der Waals surface area contributed by atoms with E-state index < -0.39 is 0 Å². The van der Waals surface area contributed by atoms with Gasteiger partial charge in [0.1, 0.15) is 5.52 Å². The van der Waals surface area contributed by atoms with Crippen LogP contribution in [0, 0.1) is 0 Å². The molecule has 0 aliphatic rings. The van der Waals surface area contributed by atoms with Crippen LogP contribution in [0.1, 0.15) is 19.8 Å². The molecule has 0 amide bonds. The third-order valence-electron chi connectivity index (χ3n) is 2.49. The molecule has 1 heterocycles. The molecule has 1 aromatic heterocycles. The monoisotopic (exact) mass is 250 g/mol. The molecule has 4 heteroatoms. The van der Waals surface area contributed by atoms with E-state index in [4.69, 9.17) is 4.42 Å². The highest BCUT2D eigenvalue weighted by Crippen LogP contribution is 2.22. The van der Waals surface area contributed by atoms with Crippen LogP contribution in [0.4, 0.5) is 0 Å². The first kappa shape index (κ1) is 12.5. The molecule has 2 aromatic rings. The van der Waals surface area contributed by atoms with Crippen molar-refractivity contribution < 1.29 is 4.42 Å². The number of aromatic nitrogens is 1. The maximum atomic E-state index is 5.62. The van der Waals surface area contributed by atoms with E-state index in [-0.39, 0.29) is 0 Å². The lowest BCUT2D eigenvalue weighted by Gasteiger charge is -2.00. The van der Waals surface area contributed by atoms with Crippen LogP contribution in [0.5, 0.6) is 0 Å². The van der Waals surface area contributed by atoms with Gasteiger partial charge in [0.15, 0.2) is 5.58 Å². The average molecular weight is 250 g/mol. The summed E-state index contributed by atoms with van der Waals surface area (Å²) in [5.41, 5.74) is 1.81. The highest BCUT2D eigenvalue weighted by molar-refractivity contribution is 7.99. The van der Waals surface area contributed by atoms with Crippen LogP contribution in [0.3, 0.4) is 0 Å². The fourth-order valence-electron chi connectivity index (χ4n) is 1.55. The van der Waals surface area contributed by atoms with Gasteiger partial charge in [0.25, 0.3) is 5.22 Å². The van der Waals surface area contributed by atoms with Crippen molar-refractivity contribution in [3.05, 3.63) is 24.3 Å². The smallest absolute Gasteiger partial charge is 0.256 e. The molecule has 0 unspecified atom stereocenters. The van der Waals surface area contributed by atoms with Gasteiger partial charge in [-0.15, -0.1) is 0 Å². The SMILES string of the molecule is CCCCNCCSc1nc2ccccc2o1. The van der Waals surface area contributed by atoms with Crippen molar-refractivity contribution in [2.75, 3.05) is 18.8 Å². The summed E-state index contributed by atoms with van der Waals surface area (Å²) >= 11 is 1.66. The molecule has 2 rings (SSSR count). The summed E-state index contributed by atoms with van der Waals surface area (Å²) in [6.45, 7) is 4.31. The predicted octanol–water partition coefficient (Wildman–Crippen LogP) is 3.31. The van der Waals surface area contributed by atoms with E-state index in [0.29, 0.717) is 0 Å². The van der Waals surface area contributed by atoms with Gasteiger partial charge >= 0.3 is 0 Å². The van der Waals surface area contributed by atoms with Crippen LogP contribution in [-0.4, -0.2) is 23.8 Å². The fraction of sp³-hybridized carbons (Fsp3) is 0.462. The first-order valence-electron chi connectivity index (χ1n) is 6.09. The molecule has 0 saturated carbocycles. The number of unbranched alkanes of at least 4 members (excludes halogenated alkanes) is 1. The van der Waals surface area contributed by atoms with Gasteiger partial charge in [-0.2, -0.15) is 0 Å². The minimum absolute atomic E-state index is 0.767. The van der Waals surface area contributed by atoms with Gasteiger partial charge in [0, 0.05) is 12.3 Å². The number of rotatable bonds is 7. The Morgan fingerprint density at radius 3 is 3.00 bits per heavy atom. The maximum absolute atomic E-state index is 5.62. The molecule has 1 aromatic carbocycles. The predicted molar refractivity (Wildman–Crippen MR) is 72.5 cm³/mol. The Hall–Kier alpha value is -1.00. The second-order valence-corrected chi connectivity index (χ2v) is 4.95. The van der Waals surface area contributed by atoms with E-state index in [1.54, 1.807) is 11.8 Å². The van der Waals surface area contributed by atoms with Crippen LogP contribution < -0.4 is 5.32 Å². The van der Waals surface area contributed by atoms with Gasteiger partial charge in [-0.25, -0.2) is 4.98 Å². The minimum Gasteiger partial charge on any atom is -0.431 e. The number of benzene rings is 1. The van der Waals surface area contributed by atoms with Crippen molar-refractivity contribution in [2.24, 2.45) is 0 Å². The van der Waals surface area contributed by atoms with Crippen LogP contribution >= 0.6 is 11.8 Å². The standard InChI is InChI=1S/C13H18N2OS/c1-2-3-8-14-9-10-17-13-15-11-6-4-5-7-12(11)16-13/h4-7,14H,2-3,8-10H2,1H3. The molecule has 3 nitrogen and oxygen atoms in total. The van der Waals surface area contributed by atoms with Crippen molar-refractivity contribution in [1.29, 1.82) is 0 Å². The summed E-state index contributed by atoms with van der Waals surface area (Å²) < 4.78 is 5.62. The van der Waals surface area contributed by atoms with Crippen molar-refractivity contribution in [3.8, 4) is 0 Å². The lowest BCUT2D eigenvalue weighted by molar-refractivity contribution is 0.489. The van der Waals surface area contributed by atoms with Crippen molar-refractivity contribution in [3.63, 3.8) is 0 Å². The van der Waals surface area contributed by atoms with Crippen molar-refractivity contribution >= 4 is 22.9 Å². The van der Waals surface area contributed by atoms with Crippen LogP contribution in [0.15, 0.2) is 33.9 Å². The zero-order chi connectivity index (χ0) is 11.9. The topological polar surface area (TPSA) is 38.1 Å². The van der Waals surface area contributed by atoms with E-state index in [2.05, 4.69) is 17.2 Å². The van der Waals surface area contributed by atoms with Crippen LogP contribution in [-0.2, 0) is 0 Å². The Kier molecular flexibility index (Phi) is 4.88. The zero-order valence-electron chi connectivity index (χ0n) is 10.1. The Balaban J connectivity index is 1.75. The number of nitrogens with one attached hydrogen (secondary N) is 1. The minimum atomic E-state index is 0.767. The van der Waals surface area contributed by atoms with E-state index in [9.17, 15) is 0 Å². The zero-order valence-corrected chi connectivity index (χ0v) is 10.9. The van der Waals surface area contributed by atoms with Crippen molar-refractivity contribution in [1.82, 2.24) is 10.3 Å². The van der Waals surface area contributed by atoms with Crippen LogP contribution in [0.2, 0.25) is 0 Å². The van der Waals surface area contributed by atoms with Gasteiger partial charge < -0.3 is 9.73 Å². The highest BCUT2D eigenvalue weighted by atomic mass is 32.2. The van der Waals surface area contributed by atoms with Crippen LogP contribution in [0.25, 0.3) is 11.1 Å². The Morgan fingerprint density at radius 2 is 2.18 bits per heavy atom. The third kappa shape index (κ3) is 3.75. The number of hydrogen-bond donors (Lipinski definition) is 1. The van der Waals surface area contributed by atoms with Crippen molar-refractivity contribution in [2.45, 2.75) is 25.0 Å². The average Bonchev–Trinajstić information content (AvgIpc) is 2.76. The molecule has 0 aliphatic carbocycles. The lowest BCUT2D eigenvalue weighted by atomic mass is 10.3. The molecule has 0 spiro atoms. The van der Waals surface area contributed by atoms with Gasteiger partial charge in [-0.05, 0) is 25.1 Å². The van der Waals surface area contributed by atoms with Gasteiger partial charge in [-0.3, -0.25) is 0 Å². The Labute approximate surface area is 106 Å². The molecule has 0 aliphatic heterocycles. The van der Waals surface area contributed by atoms with Gasteiger partial charge in [0.05, 0.1) is 0 Å². The fourth-order valence-corrected chi connectivity index (χ4v) is 2.28. The molecule has 17 heavy (non-hydrogen) atoms.